The normalized spacial score (nSPS) is 24.9. The zero-order valence-corrected chi connectivity index (χ0v) is 7.23. The summed E-state index contributed by atoms with van der Waals surface area (Å²) in [6, 6.07) is 9.65. The van der Waals surface area contributed by atoms with Gasteiger partial charge < -0.3 is 9.47 Å². The first-order valence-corrected chi connectivity index (χ1v) is 4.05. The largest absolute Gasteiger partial charge is 0.496 e. The molecule has 0 spiro atoms. The molecule has 0 aliphatic carbocycles. The molecule has 3 nitrogen and oxygen atoms in total. The molecule has 1 aromatic rings. The molecule has 0 N–H and O–H groups in total. The van der Waals surface area contributed by atoms with E-state index in [2.05, 4.69) is 6.07 Å². The lowest BCUT2D eigenvalue weighted by atomic mass is 10.1. The summed E-state index contributed by atoms with van der Waals surface area (Å²) in [4.78, 5) is 0. The predicted molar refractivity (Wildman–Crippen MR) is 46.2 cm³/mol. The Kier molecular flexibility index (Phi) is 1.91. The SMILES string of the molecule is COc1ccccc1[C@H]1O[C@H]1C#N. The molecule has 1 aliphatic rings. The fraction of sp³-hybridized carbons (Fsp3) is 0.300. The number of nitriles is 1. The molecule has 0 amide bonds. The van der Waals surface area contributed by atoms with Crippen molar-refractivity contribution >= 4 is 0 Å². The fourth-order valence-corrected chi connectivity index (χ4v) is 1.35. The van der Waals surface area contributed by atoms with Gasteiger partial charge in [0, 0.05) is 5.56 Å². The highest BCUT2D eigenvalue weighted by atomic mass is 16.6. The Morgan fingerprint density at radius 3 is 2.85 bits per heavy atom. The van der Waals surface area contributed by atoms with Crippen LogP contribution in [0.2, 0.25) is 0 Å². The number of ether oxygens (including phenoxy) is 2. The lowest BCUT2D eigenvalue weighted by Crippen LogP contribution is -1.91. The standard InChI is InChI=1S/C10H9NO2/c1-12-8-5-3-2-4-7(8)10-9(6-11)13-10/h2-5,9-10H,1H3/t9-,10+/m0/s1. The zero-order valence-electron chi connectivity index (χ0n) is 7.23. The van der Waals surface area contributed by atoms with E-state index in [4.69, 9.17) is 14.7 Å². The van der Waals surface area contributed by atoms with Crippen molar-refractivity contribution in [3.05, 3.63) is 29.8 Å². The van der Waals surface area contributed by atoms with Gasteiger partial charge in [-0.25, -0.2) is 0 Å². The number of epoxide rings is 1. The third-order valence-corrected chi connectivity index (χ3v) is 2.06. The molecule has 1 saturated heterocycles. The van der Waals surface area contributed by atoms with Gasteiger partial charge in [-0.3, -0.25) is 0 Å². The molecule has 13 heavy (non-hydrogen) atoms. The minimum absolute atomic E-state index is 0.0962. The molecule has 3 heteroatoms. The number of methoxy groups -OCH3 is 1. The molecule has 1 aliphatic heterocycles. The Morgan fingerprint density at radius 2 is 2.23 bits per heavy atom. The predicted octanol–water partition coefficient (Wildman–Crippen LogP) is 1.66. The molecular weight excluding hydrogens is 166 g/mol. The minimum atomic E-state index is -0.295. The van der Waals surface area contributed by atoms with Gasteiger partial charge in [0.15, 0.2) is 6.10 Å². The molecule has 66 valence electrons. The van der Waals surface area contributed by atoms with Gasteiger partial charge in [0.2, 0.25) is 0 Å². The van der Waals surface area contributed by atoms with Crippen LogP contribution in [0.4, 0.5) is 0 Å². The highest BCUT2D eigenvalue weighted by molar-refractivity contribution is 5.38. The molecule has 0 saturated carbocycles. The number of para-hydroxylation sites is 1. The third-order valence-electron chi connectivity index (χ3n) is 2.06. The van der Waals surface area contributed by atoms with Crippen molar-refractivity contribution in [3.8, 4) is 11.8 Å². The average Bonchev–Trinajstić information content (AvgIpc) is 2.96. The van der Waals surface area contributed by atoms with E-state index < -0.39 is 0 Å². The molecule has 0 bridgehead atoms. The topological polar surface area (TPSA) is 45.5 Å². The highest BCUT2D eigenvalue weighted by Crippen LogP contribution is 2.42. The van der Waals surface area contributed by atoms with Gasteiger partial charge in [-0.15, -0.1) is 0 Å². The summed E-state index contributed by atoms with van der Waals surface area (Å²) in [5, 5.41) is 8.59. The van der Waals surface area contributed by atoms with Crippen LogP contribution in [0.3, 0.4) is 0 Å². The van der Waals surface area contributed by atoms with Gasteiger partial charge in [0.05, 0.1) is 13.2 Å². The molecule has 0 aromatic heterocycles. The van der Waals surface area contributed by atoms with Gasteiger partial charge in [0.1, 0.15) is 11.9 Å². The van der Waals surface area contributed by atoms with Crippen LogP contribution < -0.4 is 4.74 Å². The first-order valence-electron chi connectivity index (χ1n) is 4.05. The van der Waals surface area contributed by atoms with E-state index in [-0.39, 0.29) is 12.2 Å². The maximum absolute atomic E-state index is 8.59. The van der Waals surface area contributed by atoms with Crippen LogP contribution in [0.1, 0.15) is 11.7 Å². The summed E-state index contributed by atoms with van der Waals surface area (Å²) in [5.74, 6) is 0.783. The second-order valence-electron chi connectivity index (χ2n) is 2.85. The van der Waals surface area contributed by atoms with E-state index in [1.807, 2.05) is 24.3 Å². The van der Waals surface area contributed by atoms with Crippen molar-refractivity contribution in [2.45, 2.75) is 12.2 Å². The van der Waals surface area contributed by atoms with E-state index >= 15 is 0 Å². The summed E-state index contributed by atoms with van der Waals surface area (Å²) < 4.78 is 10.3. The van der Waals surface area contributed by atoms with Crippen LogP contribution in [0, 0.1) is 11.3 Å². The smallest absolute Gasteiger partial charge is 0.175 e. The number of nitrogens with zero attached hydrogens (tertiary/aromatic N) is 1. The quantitative estimate of drug-likeness (QED) is 0.642. The summed E-state index contributed by atoms with van der Waals surface area (Å²) in [7, 11) is 1.61. The van der Waals surface area contributed by atoms with Gasteiger partial charge in [-0.05, 0) is 6.07 Å². The van der Waals surface area contributed by atoms with E-state index in [0.717, 1.165) is 11.3 Å². The highest BCUT2D eigenvalue weighted by Gasteiger charge is 2.42. The van der Waals surface area contributed by atoms with Crippen LogP contribution in [0.15, 0.2) is 24.3 Å². The second-order valence-corrected chi connectivity index (χ2v) is 2.85. The van der Waals surface area contributed by atoms with E-state index in [1.165, 1.54) is 0 Å². The second kappa shape index (κ2) is 3.08. The Hall–Kier alpha value is -1.53. The summed E-state index contributed by atoms with van der Waals surface area (Å²) in [5.41, 5.74) is 0.955. The van der Waals surface area contributed by atoms with Crippen molar-refractivity contribution in [2.75, 3.05) is 7.11 Å². The average molecular weight is 175 g/mol. The van der Waals surface area contributed by atoms with Crippen molar-refractivity contribution in [1.82, 2.24) is 0 Å². The molecule has 1 fully saturated rings. The molecule has 0 radical (unpaired) electrons. The lowest BCUT2D eigenvalue weighted by molar-refractivity contribution is 0.375. The molecule has 2 rings (SSSR count). The fourth-order valence-electron chi connectivity index (χ4n) is 1.35. The van der Waals surface area contributed by atoms with Crippen molar-refractivity contribution in [2.24, 2.45) is 0 Å². The van der Waals surface area contributed by atoms with Crippen LogP contribution in [-0.4, -0.2) is 13.2 Å². The van der Waals surface area contributed by atoms with Gasteiger partial charge in [0.25, 0.3) is 0 Å². The van der Waals surface area contributed by atoms with E-state index in [9.17, 15) is 0 Å². The van der Waals surface area contributed by atoms with Gasteiger partial charge in [-0.1, -0.05) is 18.2 Å². The number of hydrogen-bond acceptors (Lipinski definition) is 3. The maximum atomic E-state index is 8.59. The number of benzene rings is 1. The summed E-state index contributed by atoms with van der Waals surface area (Å²) in [6.45, 7) is 0. The molecule has 1 heterocycles. The van der Waals surface area contributed by atoms with Crippen LogP contribution in [0.5, 0.6) is 5.75 Å². The monoisotopic (exact) mass is 175 g/mol. The number of hydrogen-bond donors (Lipinski definition) is 0. The zero-order chi connectivity index (χ0) is 9.26. The minimum Gasteiger partial charge on any atom is -0.496 e. The summed E-state index contributed by atoms with van der Waals surface area (Å²) in [6.07, 6.45) is -0.391. The third kappa shape index (κ3) is 1.36. The Labute approximate surface area is 76.5 Å². The Morgan fingerprint density at radius 1 is 1.46 bits per heavy atom. The van der Waals surface area contributed by atoms with Crippen molar-refractivity contribution in [1.29, 1.82) is 5.26 Å². The maximum Gasteiger partial charge on any atom is 0.175 e. The number of rotatable bonds is 2. The Balaban J connectivity index is 2.26. The van der Waals surface area contributed by atoms with Crippen LogP contribution in [-0.2, 0) is 4.74 Å². The van der Waals surface area contributed by atoms with Crippen LogP contribution >= 0.6 is 0 Å². The Bertz CT molecular complexity index is 356. The van der Waals surface area contributed by atoms with Crippen molar-refractivity contribution < 1.29 is 9.47 Å². The van der Waals surface area contributed by atoms with Crippen LogP contribution in [0.25, 0.3) is 0 Å². The molecule has 2 atom stereocenters. The molecule has 0 unspecified atom stereocenters. The van der Waals surface area contributed by atoms with Gasteiger partial charge >= 0.3 is 0 Å². The summed E-state index contributed by atoms with van der Waals surface area (Å²) >= 11 is 0. The van der Waals surface area contributed by atoms with E-state index in [0.29, 0.717) is 0 Å². The molecular formula is C10H9NO2. The lowest BCUT2D eigenvalue weighted by Gasteiger charge is -2.03. The molecule has 1 aromatic carbocycles. The van der Waals surface area contributed by atoms with E-state index in [1.54, 1.807) is 7.11 Å². The first kappa shape index (κ1) is 8.09. The first-order chi connectivity index (χ1) is 6.36. The van der Waals surface area contributed by atoms with Crippen molar-refractivity contribution in [3.63, 3.8) is 0 Å². The van der Waals surface area contributed by atoms with Gasteiger partial charge in [-0.2, -0.15) is 5.26 Å².